The number of fused-ring (bicyclic) bond motifs is 1. The molecule has 0 radical (unpaired) electrons. The first kappa shape index (κ1) is 17.6. The van der Waals surface area contributed by atoms with Crippen LogP contribution in [0.15, 0.2) is 66.7 Å². The summed E-state index contributed by atoms with van der Waals surface area (Å²) >= 11 is 5.97. The topological polar surface area (TPSA) is 103 Å². The van der Waals surface area contributed by atoms with Crippen LogP contribution in [-0.2, 0) is 0 Å². The molecular formula is C19H12ClN5O3. The highest BCUT2D eigenvalue weighted by Gasteiger charge is 2.10. The molecule has 0 saturated heterocycles. The maximum Gasteiger partial charge on any atom is 0.269 e. The highest BCUT2D eigenvalue weighted by atomic mass is 35.5. The Bertz CT molecular complexity index is 1190. The number of aromatic nitrogens is 3. The van der Waals surface area contributed by atoms with Crippen molar-refractivity contribution in [2.24, 2.45) is 0 Å². The number of nitro benzene ring substituents is 1. The number of nitrogens with one attached hydrogen (secondary N) is 1. The largest absolute Gasteiger partial charge is 0.322 e. The van der Waals surface area contributed by atoms with E-state index in [9.17, 15) is 14.9 Å². The number of non-ortho nitro benzene ring substituents is 1. The minimum atomic E-state index is -0.513. The molecule has 9 heteroatoms. The van der Waals surface area contributed by atoms with Crippen LogP contribution in [0.1, 0.15) is 10.4 Å². The summed E-state index contributed by atoms with van der Waals surface area (Å²) in [5.41, 5.74) is 2.96. The van der Waals surface area contributed by atoms with Gasteiger partial charge >= 0.3 is 0 Å². The monoisotopic (exact) mass is 393 g/mol. The summed E-state index contributed by atoms with van der Waals surface area (Å²) in [6.07, 6.45) is 0. The van der Waals surface area contributed by atoms with Crippen LogP contribution in [0, 0.1) is 10.1 Å². The smallest absolute Gasteiger partial charge is 0.269 e. The molecule has 3 aromatic carbocycles. The molecule has 0 saturated carbocycles. The number of halogens is 1. The Labute approximate surface area is 163 Å². The van der Waals surface area contributed by atoms with E-state index < -0.39 is 4.92 Å². The molecule has 0 bridgehead atoms. The normalized spacial score (nSPS) is 10.8. The van der Waals surface area contributed by atoms with Gasteiger partial charge in [-0.25, -0.2) is 0 Å². The van der Waals surface area contributed by atoms with Crippen molar-refractivity contribution in [3.05, 3.63) is 87.4 Å². The van der Waals surface area contributed by atoms with Crippen LogP contribution in [0.2, 0.25) is 5.02 Å². The van der Waals surface area contributed by atoms with Crippen LogP contribution in [0.5, 0.6) is 0 Å². The lowest BCUT2D eigenvalue weighted by molar-refractivity contribution is -0.384. The van der Waals surface area contributed by atoms with E-state index in [0.717, 1.165) is 11.2 Å². The maximum absolute atomic E-state index is 12.3. The molecule has 0 fully saturated rings. The fraction of sp³-hybridized carbons (Fsp3) is 0. The van der Waals surface area contributed by atoms with Gasteiger partial charge in [-0.3, -0.25) is 14.9 Å². The number of carbonyl (C=O) groups is 1. The van der Waals surface area contributed by atoms with Crippen LogP contribution in [-0.4, -0.2) is 25.8 Å². The van der Waals surface area contributed by atoms with Gasteiger partial charge in [-0.1, -0.05) is 11.6 Å². The Morgan fingerprint density at radius 1 is 0.964 bits per heavy atom. The second kappa shape index (κ2) is 7.09. The van der Waals surface area contributed by atoms with Crippen molar-refractivity contribution >= 4 is 39.9 Å². The molecular weight excluding hydrogens is 382 g/mol. The second-order valence-electron chi connectivity index (χ2n) is 5.93. The molecule has 28 heavy (non-hydrogen) atoms. The van der Waals surface area contributed by atoms with Crippen LogP contribution < -0.4 is 5.32 Å². The number of benzene rings is 3. The fourth-order valence-electron chi connectivity index (χ4n) is 2.62. The van der Waals surface area contributed by atoms with Gasteiger partial charge in [0.05, 0.1) is 10.6 Å². The number of rotatable bonds is 4. The lowest BCUT2D eigenvalue weighted by atomic mass is 10.2. The Kier molecular flexibility index (Phi) is 4.46. The van der Waals surface area contributed by atoms with E-state index in [1.165, 1.54) is 29.1 Å². The van der Waals surface area contributed by atoms with E-state index in [1.54, 1.807) is 42.5 Å². The predicted molar refractivity (Wildman–Crippen MR) is 105 cm³/mol. The van der Waals surface area contributed by atoms with Crippen molar-refractivity contribution in [1.82, 2.24) is 15.0 Å². The number of hydrogen-bond acceptors (Lipinski definition) is 5. The van der Waals surface area contributed by atoms with Crippen molar-refractivity contribution in [2.45, 2.75) is 0 Å². The highest BCUT2D eigenvalue weighted by Crippen LogP contribution is 2.19. The molecule has 0 aliphatic carbocycles. The van der Waals surface area contributed by atoms with E-state index in [2.05, 4.69) is 15.5 Å². The fourth-order valence-corrected chi connectivity index (χ4v) is 2.79. The summed E-state index contributed by atoms with van der Waals surface area (Å²) in [7, 11) is 0. The number of hydrogen-bond donors (Lipinski definition) is 1. The van der Waals surface area contributed by atoms with E-state index in [-0.39, 0.29) is 11.6 Å². The molecule has 138 valence electrons. The third-order valence-corrected chi connectivity index (χ3v) is 4.27. The van der Waals surface area contributed by atoms with Gasteiger partial charge in [0.2, 0.25) is 0 Å². The van der Waals surface area contributed by atoms with Crippen molar-refractivity contribution in [1.29, 1.82) is 0 Å². The molecule has 1 heterocycles. The molecule has 0 aliphatic rings. The van der Waals surface area contributed by atoms with Crippen molar-refractivity contribution in [3.63, 3.8) is 0 Å². The number of anilines is 1. The van der Waals surface area contributed by atoms with E-state index >= 15 is 0 Å². The molecule has 0 aliphatic heterocycles. The van der Waals surface area contributed by atoms with Gasteiger partial charge < -0.3 is 5.32 Å². The standard InChI is InChI=1S/C19H12ClN5O3/c20-13-3-10-17-18(11-13)23-24(22-17)15-8-4-14(5-9-15)21-19(26)12-1-6-16(7-2-12)25(27)28/h1-11H,(H,21,26). The average Bonchev–Trinajstić information content (AvgIpc) is 3.11. The number of carbonyl (C=O) groups excluding carboxylic acids is 1. The van der Waals surface area contributed by atoms with Gasteiger partial charge in [0.15, 0.2) is 0 Å². The summed E-state index contributed by atoms with van der Waals surface area (Å²) in [5, 5.41) is 22.8. The first-order valence-corrected chi connectivity index (χ1v) is 8.56. The summed E-state index contributed by atoms with van der Waals surface area (Å²) in [4.78, 5) is 23.9. The zero-order valence-electron chi connectivity index (χ0n) is 14.2. The van der Waals surface area contributed by atoms with Gasteiger partial charge in [0.1, 0.15) is 11.0 Å². The van der Waals surface area contributed by atoms with Crippen molar-refractivity contribution < 1.29 is 9.72 Å². The Hall–Kier alpha value is -3.78. The average molecular weight is 394 g/mol. The van der Waals surface area contributed by atoms with E-state index in [1.807, 2.05) is 0 Å². The molecule has 1 aromatic heterocycles. The third-order valence-electron chi connectivity index (χ3n) is 4.04. The Morgan fingerprint density at radius 2 is 1.64 bits per heavy atom. The van der Waals surface area contributed by atoms with Crippen LogP contribution in [0.4, 0.5) is 11.4 Å². The molecule has 1 amide bonds. The summed E-state index contributed by atoms with van der Waals surface area (Å²) in [5.74, 6) is -0.361. The van der Waals surface area contributed by atoms with Crippen molar-refractivity contribution in [2.75, 3.05) is 5.32 Å². The summed E-state index contributed by atoms with van der Waals surface area (Å²) in [6.45, 7) is 0. The SMILES string of the molecule is O=C(Nc1ccc(-n2nc3ccc(Cl)cc3n2)cc1)c1ccc([N+](=O)[O-])cc1. The first-order chi connectivity index (χ1) is 13.5. The van der Waals surface area contributed by atoms with Gasteiger partial charge in [-0.15, -0.1) is 10.2 Å². The minimum Gasteiger partial charge on any atom is -0.322 e. The van der Waals surface area contributed by atoms with E-state index in [0.29, 0.717) is 21.8 Å². The third kappa shape index (κ3) is 3.53. The molecule has 4 aromatic rings. The summed E-state index contributed by atoms with van der Waals surface area (Å²) < 4.78 is 0. The van der Waals surface area contributed by atoms with Gasteiger partial charge in [0, 0.05) is 28.4 Å². The molecule has 1 N–H and O–H groups in total. The minimum absolute atomic E-state index is 0.0682. The Morgan fingerprint density at radius 3 is 2.32 bits per heavy atom. The quantitative estimate of drug-likeness (QED) is 0.412. The zero-order valence-corrected chi connectivity index (χ0v) is 15.0. The molecule has 4 rings (SSSR count). The number of nitrogens with zero attached hydrogens (tertiary/aromatic N) is 4. The second-order valence-corrected chi connectivity index (χ2v) is 6.36. The first-order valence-electron chi connectivity index (χ1n) is 8.18. The number of nitro groups is 1. The lowest BCUT2D eigenvalue weighted by Gasteiger charge is -2.06. The zero-order chi connectivity index (χ0) is 19.7. The van der Waals surface area contributed by atoms with Crippen LogP contribution in [0.3, 0.4) is 0 Å². The highest BCUT2D eigenvalue weighted by molar-refractivity contribution is 6.31. The molecule has 8 nitrogen and oxygen atoms in total. The Balaban J connectivity index is 1.50. The maximum atomic E-state index is 12.3. The van der Waals surface area contributed by atoms with Crippen molar-refractivity contribution in [3.8, 4) is 5.69 Å². The molecule has 0 spiro atoms. The number of amides is 1. The van der Waals surface area contributed by atoms with Gasteiger partial charge in [-0.05, 0) is 54.6 Å². The molecule has 0 unspecified atom stereocenters. The van der Waals surface area contributed by atoms with Gasteiger partial charge in [-0.2, -0.15) is 4.80 Å². The molecule has 0 atom stereocenters. The van der Waals surface area contributed by atoms with Crippen LogP contribution in [0.25, 0.3) is 16.7 Å². The predicted octanol–water partition coefficient (Wildman–Crippen LogP) is 4.23. The van der Waals surface area contributed by atoms with Crippen LogP contribution >= 0.6 is 11.6 Å². The van der Waals surface area contributed by atoms with E-state index in [4.69, 9.17) is 11.6 Å². The summed E-state index contributed by atoms with van der Waals surface area (Å²) in [6, 6.07) is 17.7. The lowest BCUT2D eigenvalue weighted by Crippen LogP contribution is -2.12. The van der Waals surface area contributed by atoms with Gasteiger partial charge in [0.25, 0.3) is 11.6 Å².